The summed E-state index contributed by atoms with van der Waals surface area (Å²) in [5.41, 5.74) is 4.07. The van der Waals surface area contributed by atoms with E-state index >= 15 is 0 Å². The minimum Gasteiger partial charge on any atom is -0.355 e. The Morgan fingerprint density at radius 2 is 1.62 bits per heavy atom. The van der Waals surface area contributed by atoms with Gasteiger partial charge < -0.3 is 5.32 Å². The zero-order chi connectivity index (χ0) is 27.2. The Balaban J connectivity index is 1.23. The van der Waals surface area contributed by atoms with Gasteiger partial charge in [0.15, 0.2) is 0 Å². The van der Waals surface area contributed by atoms with E-state index in [-0.39, 0.29) is 23.7 Å². The van der Waals surface area contributed by atoms with Crippen LogP contribution in [0.1, 0.15) is 93.7 Å². The molecule has 1 aliphatic heterocycles. The van der Waals surface area contributed by atoms with Crippen molar-refractivity contribution in [3.8, 4) is 0 Å². The lowest BCUT2D eigenvalue weighted by Crippen LogP contribution is -2.37. The molecule has 2 amide bonds. The summed E-state index contributed by atoms with van der Waals surface area (Å²) in [6.07, 6.45) is 9.57. The van der Waals surface area contributed by atoms with Gasteiger partial charge in [-0.1, -0.05) is 67.4 Å². The second kappa shape index (κ2) is 12.7. The molecule has 1 N–H and O–H groups in total. The van der Waals surface area contributed by atoms with Crippen LogP contribution in [0.2, 0.25) is 0 Å². The number of hydrazone groups is 1. The minimum atomic E-state index is -0.144. The monoisotopic (exact) mass is 527 g/mol. The molecule has 6 heteroatoms. The number of rotatable bonds is 9. The van der Waals surface area contributed by atoms with Crippen molar-refractivity contribution in [1.82, 2.24) is 10.3 Å². The van der Waals surface area contributed by atoms with Gasteiger partial charge in [-0.25, -0.2) is 5.01 Å². The number of ketones is 1. The summed E-state index contributed by atoms with van der Waals surface area (Å²) in [7, 11) is 0. The first kappa shape index (κ1) is 27.3. The van der Waals surface area contributed by atoms with Gasteiger partial charge in [0.25, 0.3) is 0 Å². The molecule has 1 atom stereocenters. The van der Waals surface area contributed by atoms with Gasteiger partial charge >= 0.3 is 0 Å². The molecule has 2 aliphatic carbocycles. The number of nitrogens with one attached hydrogen (secondary N) is 1. The van der Waals surface area contributed by atoms with Crippen molar-refractivity contribution in [3.05, 3.63) is 71.3 Å². The fourth-order valence-corrected chi connectivity index (χ4v) is 6.62. The Hall–Kier alpha value is -3.28. The maximum absolute atomic E-state index is 13.5. The molecule has 1 unspecified atom stereocenters. The number of amides is 2. The molecule has 0 radical (unpaired) electrons. The van der Waals surface area contributed by atoms with Gasteiger partial charge in [-0.3, -0.25) is 14.4 Å². The molecule has 3 aliphatic rings. The molecule has 0 saturated heterocycles. The van der Waals surface area contributed by atoms with Crippen LogP contribution in [0.4, 0.5) is 0 Å². The minimum absolute atomic E-state index is 0.0410. The third-order valence-electron chi connectivity index (χ3n) is 9.02. The highest BCUT2D eigenvalue weighted by Gasteiger charge is 2.33. The normalized spacial score (nSPS) is 22.8. The third-order valence-corrected chi connectivity index (χ3v) is 9.02. The quantitative estimate of drug-likeness (QED) is 0.434. The van der Waals surface area contributed by atoms with Crippen LogP contribution < -0.4 is 5.32 Å². The van der Waals surface area contributed by atoms with Crippen LogP contribution in [0.5, 0.6) is 0 Å². The Morgan fingerprint density at radius 3 is 2.28 bits per heavy atom. The number of benzene rings is 2. The lowest BCUT2D eigenvalue weighted by atomic mass is 9.80. The molecule has 6 nitrogen and oxygen atoms in total. The Bertz CT molecular complexity index is 1180. The second-order valence-electron chi connectivity index (χ2n) is 11.7. The van der Waals surface area contributed by atoms with E-state index in [0.717, 1.165) is 60.9 Å². The number of Topliss-reactive ketones (excluding diaryl/α,β-unsaturated/α-hetero) is 1. The highest BCUT2D eigenvalue weighted by Crippen LogP contribution is 2.38. The van der Waals surface area contributed by atoms with Gasteiger partial charge in [-0.2, -0.15) is 5.10 Å². The fourth-order valence-electron chi connectivity index (χ4n) is 6.62. The first-order chi connectivity index (χ1) is 19.0. The van der Waals surface area contributed by atoms with E-state index in [1.165, 1.54) is 12.8 Å². The maximum Gasteiger partial charge on any atom is 0.243 e. The van der Waals surface area contributed by atoms with E-state index < -0.39 is 0 Å². The number of carbonyl (C=O) groups excluding carboxylic acids is 3. The molecule has 2 fully saturated rings. The summed E-state index contributed by atoms with van der Waals surface area (Å²) in [5.74, 6) is 1.36. The van der Waals surface area contributed by atoms with E-state index in [2.05, 4.69) is 22.6 Å². The summed E-state index contributed by atoms with van der Waals surface area (Å²) in [4.78, 5) is 37.8. The van der Waals surface area contributed by atoms with Crippen LogP contribution in [0, 0.1) is 17.8 Å². The van der Waals surface area contributed by atoms with E-state index in [1.807, 2.05) is 42.5 Å². The topological polar surface area (TPSA) is 78.8 Å². The summed E-state index contributed by atoms with van der Waals surface area (Å²) in [6, 6.07) is 18.3. The van der Waals surface area contributed by atoms with Gasteiger partial charge in [-0.15, -0.1) is 0 Å². The van der Waals surface area contributed by atoms with Crippen molar-refractivity contribution < 1.29 is 14.4 Å². The van der Waals surface area contributed by atoms with E-state index in [0.29, 0.717) is 43.6 Å². The number of hydrogen-bond acceptors (Lipinski definition) is 4. The lowest BCUT2D eigenvalue weighted by Gasteiger charge is -2.29. The van der Waals surface area contributed by atoms with Crippen LogP contribution in [-0.2, 0) is 20.9 Å². The fraction of sp³-hybridized carbons (Fsp3) is 0.515. The zero-order valence-electron chi connectivity index (χ0n) is 23.1. The standard InChI is InChI=1S/C33H41N3O3/c1-23(37)26-15-11-24(12-16-26)21-34-33(39)32(28-9-5-6-10-28)29-17-13-25(14-18-29)22-36-31(38)20-19-30(35-36)27-7-3-2-4-8-27/h2-4,7-8,13-14,17-18,24,26,28,32H,5-6,9-12,15-16,19-22H2,1H3,(H,34,39). The Kier molecular flexibility index (Phi) is 8.90. The van der Waals surface area contributed by atoms with Crippen molar-refractivity contribution in [2.75, 3.05) is 6.54 Å². The second-order valence-corrected chi connectivity index (χ2v) is 11.7. The summed E-state index contributed by atoms with van der Waals surface area (Å²) >= 11 is 0. The molecular weight excluding hydrogens is 486 g/mol. The van der Waals surface area contributed by atoms with Gasteiger partial charge in [0, 0.05) is 25.3 Å². The third kappa shape index (κ3) is 6.84. The number of carbonyl (C=O) groups is 3. The molecule has 5 rings (SSSR count). The molecule has 0 spiro atoms. The average Bonchev–Trinajstić information content (AvgIpc) is 3.49. The largest absolute Gasteiger partial charge is 0.355 e. The number of nitrogens with zero attached hydrogens (tertiary/aromatic N) is 2. The van der Waals surface area contributed by atoms with Crippen LogP contribution >= 0.6 is 0 Å². The molecule has 1 heterocycles. The highest BCUT2D eigenvalue weighted by atomic mass is 16.2. The number of hydrogen-bond donors (Lipinski definition) is 1. The first-order valence-corrected chi connectivity index (χ1v) is 14.8. The molecule has 206 valence electrons. The van der Waals surface area contributed by atoms with E-state index in [9.17, 15) is 14.4 Å². The molecule has 0 aromatic heterocycles. The highest BCUT2D eigenvalue weighted by molar-refractivity contribution is 6.04. The Labute approximate surface area is 232 Å². The van der Waals surface area contributed by atoms with E-state index in [4.69, 9.17) is 0 Å². The van der Waals surface area contributed by atoms with Gasteiger partial charge in [0.1, 0.15) is 5.78 Å². The van der Waals surface area contributed by atoms with Gasteiger partial charge in [0.05, 0.1) is 18.2 Å². The first-order valence-electron chi connectivity index (χ1n) is 14.8. The van der Waals surface area contributed by atoms with Crippen molar-refractivity contribution >= 4 is 23.3 Å². The van der Waals surface area contributed by atoms with Gasteiger partial charge in [-0.05, 0) is 74.0 Å². The molecule has 2 aromatic rings. The van der Waals surface area contributed by atoms with Crippen molar-refractivity contribution in [1.29, 1.82) is 0 Å². The maximum atomic E-state index is 13.5. The predicted octanol–water partition coefficient (Wildman–Crippen LogP) is 6.00. The van der Waals surface area contributed by atoms with Crippen LogP contribution in [0.3, 0.4) is 0 Å². The molecule has 2 saturated carbocycles. The van der Waals surface area contributed by atoms with Crippen LogP contribution in [-0.4, -0.2) is 34.9 Å². The van der Waals surface area contributed by atoms with Gasteiger partial charge in [0.2, 0.25) is 11.8 Å². The Morgan fingerprint density at radius 1 is 0.923 bits per heavy atom. The molecule has 39 heavy (non-hydrogen) atoms. The zero-order valence-corrected chi connectivity index (χ0v) is 23.1. The molecular formula is C33H41N3O3. The van der Waals surface area contributed by atoms with E-state index in [1.54, 1.807) is 11.9 Å². The lowest BCUT2D eigenvalue weighted by molar-refractivity contribution is -0.132. The van der Waals surface area contributed by atoms with Crippen molar-refractivity contribution in [2.45, 2.75) is 83.6 Å². The summed E-state index contributed by atoms with van der Waals surface area (Å²) in [5, 5.41) is 9.55. The predicted molar refractivity (Wildman–Crippen MR) is 153 cm³/mol. The van der Waals surface area contributed by atoms with Crippen LogP contribution in [0.15, 0.2) is 59.7 Å². The van der Waals surface area contributed by atoms with Crippen molar-refractivity contribution in [2.24, 2.45) is 22.9 Å². The smallest absolute Gasteiger partial charge is 0.243 e. The molecule has 2 aromatic carbocycles. The average molecular weight is 528 g/mol. The summed E-state index contributed by atoms with van der Waals surface area (Å²) in [6.45, 7) is 2.83. The van der Waals surface area contributed by atoms with Crippen molar-refractivity contribution in [3.63, 3.8) is 0 Å². The molecule has 0 bridgehead atoms. The SMILES string of the molecule is CC(=O)C1CCC(CNC(=O)C(c2ccc(CN3N=C(c4ccccc4)CCC3=O)cc2)C2CCCC2)CC1. The summed E-state index contributed by atoms with van der Waals surface area (Å²) < 4.78 is 0. The van der Waals surface area contributed by atoms with Crippen LogP contribution in [0.25, 0.3) is 0 Å².